The zero-order valence-electron chi connectivity index (χ0n) is 8.47. The molecule has 1 heterocycles. The van der Waals surface area contributed by atoms with Crippen molar-refractivity contribution in [2.75, 3.05) is 6.54 Å². The van der Waals surface area contributed by atoms with E-state index in [-0.39, 0.29) is 17.2 Å². The second kappa shape index (κ2) is 5.39. The highest BCUT2D eigenvalue weighted by Crippen LogP contribution is 2.20. The maximum Gasteiger partial charge on any atom is 0.250 e. The Morgan fingerprint density at radius 1 is 1.44 bits per heavy atom. The summed E-state index contributed by atoms with van der Waals surface area (Å²) in [5.74, 6) is -0.545. The van der Waals surface area contributed by atoms with Gasteiger partial charge in [0, 0.05) is 24.4 Å². The molecule has 0 aromatic carbocycles. The van der Waals surface area contributed by atoms with Crippen LogP contribution in [0.4, 0.5) is 0 Å². The van der Waals surface area contributed by atoms with Crippen LogP contribution >= 0.6 is 11.3 Å². The van der Waals surface area contributed by atoms with Crippen LogP contribution in [0.2, 0.25) is 0 Å². The Hall–Kier alpha value is -0.960. The summed E-state index contributed by atoms with van der Waals surface area (Å²) in [6, 6.07) is 3.15. The monoisotopic (exact) mass is 263 g/mol. The molecule has 0 saturated heterocycles. The molecule has 0 atom stereocenters. The molecule has 1 rings (SSSR count). The minimum atomic E-state index is -3.54. The van der Waals surface area contributed by atoms with E-state index in [9.17, 15) is 13.2 Å². The van der Waals surface area contributed by atoms with E-state index in [1.54, 1.807) is 6.07 Å². The highest BCUT2D eigenvalue weighted by Gasteiger charge is 2.15. The number of carbonyl (C=O) groups is 1. The number of carbonyl (C=O) groups excluding carboxylic acids is 1. The number of nitrogens with two attached hydrogens (primary N) is 2. The zero-order chi connectivity index (χ0) is 12.2. The molecule has 5 N–H and O–H groups in total. The molecule has 6 nitrogen and oxygen atoms in total. The SMILES string of the molecule is NCc1ccc(S(=O)(=O)NCCC(N)=O)s1. The van der Waals surface area contributed by atoms with E-state index in [2.05, 4.69) is 4.72 Å². The maximum atomic E-state index is 11.6. The quantitative estimate of drug-likeness (QED) is 0.633. The predicted molar refractivity (Wildman–Crippen MR) is 61.2 cm³/mol. The van der Waals surface area contributed by atoms with Crippen LogP contribution < -0.4 is 16.2 Å². The number of rotatable bonds is 6. The molecule has 8 heteroatoms. The molecular weight excluding hydrogens is 250 g/mol. The average molecular weight is 263 g/mol. The fraction of sp³-hybridized carbons (Fsp3) is 0.375. The number of sulfonamides is 1. The van der Waals surface area contributed by atoms with Gasteiger partial charge in [-0.3, -0.25) is 4.79 Å². The lowest BCUT2D eigenvalue weighted by atomic mass is 10.4. The molecule has 0 unspecified atom stereocenters. The lowest BCUT2D eigenvalue weighted by Crippen LogP contribution is -2.27. The number of thiophene rings is 1. The first-order valence-corrected chi connectivity index (χ1v) is 6.82. The van der Waals surface area contributed by atoms with Gasteiger partial charge in [0.05, 0.1) is 0 Å². The standard InChI is InChI=1S/C8H13N3O3S2/c9-5-6-1-2-8(15-6)16(13,14)11-4-3-7(10)12/h1-2,11H,3-5,9H2,(H2,10,12). The summed E-state index contributed by atoms with van der Waals surface area (Å²) in [7, 11) is -3.54. The fourth-order valence-electron chi connectivity index (χ4n) is 0.992. The van der Waals surface area contributed by atoms with Crippen molar-refractivity contribution in [3.05, 3.63) is 17.0 Å². The zero-order valence-corrected chi connectivity index (χ0v) is 10.1. The molecule has 1 aromatic rings. The Morgan fingerprint density at radius 3 is 2.62 bits per heavy atom. The first-order valence-electron chi connectivity index (χ1n) is 4.52. The summed E-state index contributed by atoms with van der Waals surface area (Å²) >= 11 is 1.11. The van der Waals surface area contributed by atoms with Gasteiger partial charge in [-0.05, 0) is 12.1 Å². The van der Waals surface area contributed by atoms with Gasteiger partial charge in [0.15, 0.2) is 0 Å². The van der Waals surface area contributed by atoms with Crippen molar-refractivity contribution in [2.45, 2.75) is 17.2 Å². The normalized spacial score (nSPS) is 11.6. The number of amides is 1. The van der Waals surface area contributed by atoms with E-state index < -0.39 is 15.9 Å². The van der Waals surface area contributed by atoms with Crippen LogP contribution in [-0.2, 0) is 21.4 Å². The van der Waals surface area contributed by atoms with Gasteiger partial charge >= 0.3 is 0 Å². The van der Waals surface area contributed by atoms with Crippen molar-refractivity contribution in [1.82, 2.24) is 4.72 Å². The lowest BCUT2D eigenvalue weighted by Gasteiger charge is -2.02. The highest BCUT2D eigenvalue weighted by atomic mass is 32.2. The summed E-state index contributed by atoms with van der Waals surface area (Å²) in [5, 5.41) is 0. The summed E-state index contributed by atoms with van der Waals surface area (Å²) in [5.41, 5.74) is 10.3. The van der Waals surface area contributed by atoms with Crippen molar-refractivity contribution < 1.29 is 13.2 Å². The predicted octanol–water partition coefficient (Wildman–Crippen LogP) is -0.640. The van der Waals surface area contributed by atoms with Crippen molar-refractivity contribution in [3.8, 4) is 0 Å². The Bertz CT molecular complexity index is 467. The molecule has 1 amide bonds. The molecule has 0 bridgehead atoms. The molecule has 1 aromatic heterocycles. The molecule has 0 radical (unpaired) electrons. The lowest BCUT2D eigenvalue weighted by molar-refractivity contribution is -0.117. The van der Waals surface area contributed by atoms with Crippen LogP contribution in [0.1, 0.15) is 11.3 Å². The van der Waals surface area contributed by atoms with Crippen molar-refractivity contribution in [2.24, 2.45) is 11.5 Å². The fourth-order valence-corrected chi connectivity index (χ4v) is 3.30. The smallest absolute Gasteiger partial charge is 0.250 e. The van der Waals surface area contributed by atoms with Crippen LogP contribution in [0.25, 0.3) is 0 Å². The van der Waals surface area contributed by atoms with Crippen LogP contribution in [0.15, 0.2) is 16.3 Å². The van der Waals surface area contributed by atoms with Gasteiger partial charge in [-0.15, -0.1) is 11.3 Å². The van der Waals surface area contributed by atoms with E-state index >= 15 is 0 Å². The van der Waals surface area contributed by atoms with E-state index in [4.69, 9.17) is 11.5 Å². The number of primary amides is 1. The Labute approximate surface area is 97.7 Å². The summed E-state index contributed by atoms with van der Waals surface area (Å²) < 4.78 is 25.8. The molecule has 16 heavy (non-hydrogen) atoms. The molecular formula is C8H13N3O3S2. The van der Waals surface area contributed by atoms with Crippen molar-refractivity contribution in [1.29, 1.82) is 0 Å². The molecule has 90 valence electrons. The van der Waals surface area contributed by atoms with Gasteiger partial charge < -0.3 is 11.5 Å². The summed E-state index contributed by atoms with van der Waals surface area (Å²) in [6.45, 7) is 0.314. The van der Waals surface area contributed by atoms with E-state index in [0.29, 0.717) is 6.54 Å². The summed E-state index contributed by atoms with van der Waals surface area (Å²) in [6.07, 6.45) is -0.0195. The number of nitrogens with one attached hydrogen (secondary N) is 1. The van der Waals surface area contributed by atoms with E-state index in [1.807, 2.05) is 0 Å². The topological polar surface area (TPSA) is 115 Å². The molecule has 0 aliphatic carbocycles. The van der Waals surface area contributed by atoms with Gasteiger partial charge in [-0.2, -0.15) is 0 Å². The first-order chi connectivity index (χ1) is 7.45. The minimum Gasteiger partial charge on any atom is -0.370 e. The maximum absolute atomic E-state index is 11.6. The second-order valence-corrected chi connectivity index (χ2v) is 6.20. The molecule has 0 saturated carbocycles. The molecule has 0 spiro atoms. The van der Waals surface area contributed by atoms with E-state index in [0.717, 1.165) is 16.2 Å². The largest absolute Gasteiger partial charge is 0.370 e. The van der Waals surface area contributed by atoms with Gasteiger partial charge in [-0.1, -0.05) is 0 Å². The van der Waals surface area contributed by atoms with Crippen LogP contribution in [-0.4, -0.2) is 20.9 Å². The summed E-state index contributed by atoms with van der Waals surface area (Å²) in [4.78, 5) is 11.2. The van der Waals surface area contributed by atoms with Crippen molar-refractivity contribution in [3.63, 3.8) is 0 Å². The van der Waals surface area contributed by atoms with Crippen LogP contribution in [0.5, 0.6) is 0 Å². The third-order valence-electron chi connectivity index (χ3n) is 1.77. The number of hydrogen-bond donors (Lipinski definition) is 3. The van der Waals surface area contributed by atoms with Crippen LogP contribution in [0, 0.1) is 0 Å². The average Bonchev–Trinajstić information content (AvgIpc) is 2.65. The Kier molecular flexibility index (Phi) is 4.42. The van der Waals surface area contributed by atoms with Gasteiger partial charge in [0.25, 0.3) is 0 Å². The Morgan fingerprint density at radius 2 is 2.12 bits per heavy atom. The third-order valence-corrected chi connectivity index (χ3v) is 4.83. The second-order valence-electron chi connectivity index (χ2n) is 3.04. The molecule has 0 aliphatic rings. The van der Waals surface area contributed by atoms with E-state index in [1.165, 1.54) is 6.07 Å². The van der Waals surface area contributed by atoms with Gasteiger partial charge in [0.2, 0.25) is 15.9 Å². The molecule has 0 aliphatic heterocycles. The first kappa shape index (κ1) is 13.1. The number of hydrogen-bond acceptors (Lipinski definition) is 5. The van der Waals surface area contributed by atoms with Crippen LogP contribution in [0.3, 0.4) is 0 Å². The van der Waals surface area contributed by atoms with Gasteiger partial charge in [-0.25, -0.2) is 13.1 Å². The van der Waals surface area contributed by atoms with Crippen molar-refractivity contribution >= 4 is 27.3 Å². The highest BCUT2D eigenvalue weighted by molar-refractivity contribution is 7.91. The third kappa shape index (κ3) is 3.56. The molecule has 0 fully saturated rings. The Balaban J connectivity index is 2.66. The van der Waals surface area contributed by atoms with Gasteiger partial charge in [0.1, 0.15) is 4.21 Å². The minimum absolute atomic E-state index is 0.00747.